The fourth-order valence-electron chi connectivity index (χ4n) is 4.03. The highest BCUT2D eigenvalue weighted by atomic mass is 19.4. The van der Waals surface area contributed by atoms with E-state index in [-0.39, 0.29) is 24.1 Å². The Morgan fingerprint density at radius 1 is 1.05 bits per heavy atom. The van der Waals surface area contributed by atoms with Crippen molar-refractivity contribution < 1.29 is 27.4 Å². The van der Waals surface area contributed by atoms with Gasteiger partial charge in [-0.05, 0) is 30.3 Å². The average molecular weight is 598 g/mol. The number of hydrogen-bond donors (Lipinski definition) is 3. The molecule has 3 N–H and O–H groups in total. The molecule has 0 atom stereocenters. The van der Waals surface area contributed by atoms with Crippen LogP contribution in [0.2, 0.25) is 0 Å². The van der Waals surface area contributed by atoms with Crippen molar-refractivity contribution in [2.24, 2.45) is 7.05 Å². The molecule has 5 rings (SSSR count). The zero-order valence-corrected chi connectivity index (χ0v) is 23.3. The lowest BCUT2D eigenvalue weighted by Crippen LogP contribution is -2.23. The van der Waals surface area contributed by atoms with E-state index in [1.807, 2.05) is 6.07 Å². The second-order valence-electron chi connectivity index (χ2n) is 9.10. The first-order valence-electron chi connectivity index (χ1n) is 12.6. The van der Waals surface area contributed by atoms with Crippen LogP contribution in [0.1, 0.15) is 0 Å². The zero-order chi connectivity index (χ0) is 30.7. The van der Waals surface area contributed by atoms with Crippen molar-refractivity contribution in [2.75, 3.05) is 36.7 Å². The molecule has 17 heteroatoms. The minimum Gasteiger partial charge on any atom is -0.491 e. The zero-order valence-electron chi connectivity index (χ0n) is 23.3. The number of likely N-dealkylation sites (N-methyl/N-ethyl adjacent to an activating group) is 1. The number of nitrogens with one attached hydrogen (secondary N) is 3. The Hall–Kier alpha value is -5.61. The molecule has 0 aliphatic rings. The number of benzene rings is 1. The van der Waals surface area contributed by atoms with Crippen molar-refractivity contribution in [3.63, 3.8) is 0 Å². The third-order valence-electron chi connectivity index (χ3n) is 6.17. The third kappa shape index (κ3) is 6.66. The quantitative estimate of drug-likeness (QED) is 0.215. The first-order valence-corrected chi connectivity index (χ1v) is 12.6. The van der Waals surface area contributed by atoms with E-state index in [1.165, 1.54) is 42.3 Å². The smallest absolute Gasteiger partial charge is 0.491 e. The van der Waals surface area contributed by atoms with Crippen molar-refractivity contribution in [1.82, 2.24) is 39.6 Å². The van der Waals surface area contributed by atoms with Crippen molar-refractivity contribution in [3.8, 4) is 11.5 Å². The highest BCUT2D eigenvalue weighted by Gasteiger charge is 2.31. The van der Waals surface area contributed by atoms with Crippen LogP contribution in [-0.2, 0) is 18.4 Å². The van der Waals surface area contributed by atoms with E-state index in [9.17, 15) is 18.0 Å². The van der Waals surface area contributed by atoms with Crippen LogP contribution in [-0.4, -0.2) is 67.8 Å². The molecule has 224 valence electrons. The number of amides is 1. The molecule has 1 aromatic carbocycles. The van der Waals surface area contributed by atoms with E-state index >= 15 is 0 Å². The Balaban J connectivity index is 1.36. The summed E-state index contributed by atoms with van der Waals surface area (Å²) in [5.41, 5.74) is 2.87. The molecular formula is C26H26F3N11O3. The fraction of sp³-hybridized carbons (Fsp3) is 0.231. The molecule has 14 nitrogen and oxygen atoms in total. The standard InChI is InChI=1S/C26H26F3N11O3/c1-30-21(41)14-40-13-16(10-33-40)34-24-32-12-20(42-4)23(37-24)38(2)17-9-19-22(31-11-17)39(3)25(36-19)35-15-5-7-18(8-6-15)43-26(27,28)29/h5-13H,14H2,1-4H3,(H,30,41)(H,35,36)(H,32,34,37). The SMILES string of the molecule is CNC(=O)Cn1cc(Nc2ncc(OC)c(N(C)c3cnc4c(c3)nc(Nc3ccc(OC(F)(F)F)cc3)n4C)n2)cn1. The Morgan fingerprint density at radius 2 is 1.81 bits per heavy atom. The summed E-state index contributed by atoms with van der Waals surface area (Å²) < 4.78 is 50.0. The summed E-state index contributed by atoms with van der Waals surface area (Å²) in [6.45, 7) is 0.0685. The molecule has 0 unspecified atom stereocenters. The van der Waals surface area contributed by atoms with Gasteiger partial charge in [0.1, 0.15) is 17.8 Å². The van der Waals surface area contributed by atoms with Crippen LogP contribution in [0.15, 0.2) is 55.1 Å². The van der Waals surface area contributed by atoms with Gasteiger partial charge in [0, 0.05) is 33.0 Å². The number of carbonyl (C=O) groups is 1. The number of fused-ring (bicyclic) bond motifs is 1. The number of carbonyl (C=O) groups excluding carboxylic acids is 1. The van der Waals surface area contributed by atoms with Gasteiger partial charge in [0.05, 0.1) is 37.1 Å². The molecule has 0 fully saturated rings. The second-order valence-corrected chi connectivity index (χ2v) is 9.10. The van der Waals surface area contributed by atoms with Crippen LogP contribution in [0, 0.1) is 0 Å². The van der Waals surface area contributed by atoms with Crippen molar-refractivity contribution in [1.29, 1.82) is 0 Å². The number of pyridine rings is 1. The molecule has 5 aromatic rings. The highest BCUT2D eigenvalue weighted by molar-refractivity contribution is 5.81. The number of imidazole rings is 1. The molecule has 0 aliphatic heterocycles. The number of aryl methyl sites for hydroxylation is 1. The molecule has 4 aromatic heterocycles. The minimum absolute atomic E-state index is 0.0685. The van der Waals surface area contributed by atoms with E-state index in [0.29, 0.717) is 45.7 Å². The molecule has 0 aliphatic carbocycles. The van der Waals surface area contributed by atoms with Gasteiger partial charge in [-0.3, -0.25) is 14.0 Å². The maximum absolute atomic E-state index is 12.5. The number of halogens is 3. The number of aromatic nitrogens is 7. The van der Waals surface area contributed by atoms with Crippen LogP contribution >= 0.6 is 0 Å². The first kappa shape index (κ1) is 28.9. The number of alkyl halides is 3. The third-order valence-corrected chi connectivity index (χ3v) is 6.17. The molecule has 1 amide bonds. The van der Waals surface area contributed by atoms with Gasteiger partial charge in [-0.25, -0.2) is 15.0 Å². The summed E-state index contributed by atoms with van der Waals surface area (Å²) in [6, 6.07) is 7.13. The minimum atomic E-state index is -4.77. The summed E-state index contributed by atoms with van der Waals surface area (Å²) in [6.07, 6.45) is 1.61. The van der Waals surface area contributed by atoms with Crippen LogP contribution in [0.5, 0.6) is 11.5 Å². The van der Waals surface area contributed by atoms with E-state index in [0.717, 1.165) is 0 Å². The van der Waals surface area contributed by atoms with Gasteiger partial charge < -0.3 is 30.3 Å². The van der Waals surface area contributed by atoms with Crippen LogP contribution < -0.4 is 30.3 Å². The van der Waals surface area contributed by atoms with E-state index in [4.69, 9.17) is 4.74 Å². The lowest BCUT2D eigenvalue weighted by molar-refractivity contribution is -0.274. The van der Waals surface area contributed by atoms with Gasteiger partial charge >= 0.3 is 6.36 Å². The highest BCUT2D eigenvalue weighted by Crippen LogP contribution is 2.33. The first-order chi connectivity index (χ1) is 20.5. The summed E-state index contributed by atoms with van der Waals surface area (Å²) >= 11 is 0. The summed E-state index contributed by atoms with van der Waals surface area (Å²) in [5.74, 6) is 1.03. The Kier molecular flexibility index (Phi) is 7.87. The van der Waals surface area contributed by atoms with Crippen LogP contribution in [0.3, 0.4) is 0 Å². The largest absolute Gasteiger partial charge is 0.573 e. The van der Waals surface area contributed by atoms with Gasteiger partial charge in [0.2, 0.25) is 17.8 Å². The molecular weight excluding hydrogens is 571 g/mol. The van der Waals surface area contributed by atoms with E-state index in [1.54, 1.807) is 49.2 Å². The average Bonchev–Trinajstić information content (AvgIpc) is 3.55. The Bertz CT molecular complexity index is 1750. The van der Waals surface area contributed by atoms with Crippen molar-refractivity contribution >= 4 is 51.8 Å². The van der Waals surface area contributed by atoms with Crippen molar-refractivity contribution in [2.45, 2.75) is 12.9 Å². The topological polar surface area (TPSA) is 149 Å². The molecule has 0 radical (unpaired) electrons. The molecule has 0 bridgehead atoms. The second kappa shape index (κ2) is 11.7. The van der Waals surface area contributed by atoms with Gasteiger partial charge in [-0.1, -0.05) is 0 Å². The lowest BCUT2D eigenvalue weighted by atomic mass is 10.3. The lowest BCUT2D eigenvalue weighted by Gasteiger charge is -2.20. The van der Waals surface area contributed by atoms with Crippen LogP contribution in [0.25, 0.3) is 11.2 Å². The number of anilines is 6. The Morgan fingerprint density at radius 3 is 2.51 bits per heavy atom. The predicted octanol–water partition coefficient (Wildman–Crippen LogP) is 3.86. The summed E-state index contributed by atoms with van der Waals surface area (Å²) in [4.78, 5) is 31.4. The monoisotopic (exact) mass is 597 g/mol. The van der Waals surface area contributed by atoms with E-state index < -0.39 is 6.36 Å². The van der Waals surface area contributed by atoms with Gasteiger partial charge in [-0.2, -0.15) is 10.1 Å². The van der Waals surface area contributed by atoms with Crippen molar-refractivity contribution in [3.05, 3.63) is 55.1 Å². The fourth-order valence-corrected chi connectivity index (χ4v) is 4.03. The Labute approximate surface area is 242 Å². The van der Waals surface area contributed by atoms with Gasteiger partial charge in [0.15, 0.2) is 17.2 Å². The predicted molar refractivity (Wildman–Crippen MR) is 151 cm³/mol. The molecule has 43 heavy (non-hydrogen) atoms. The number of ether oxygens (including phenoxy) is 2. The number of rotatable bonds is 10. The molecule has 0 saturated heterocycles. The normalized spacial score (nSPS) is 11.3. The molecule has 4 heterocycles. The number of methoxy groups -OCH3 is 1. The van der Waals surface area contributed by atoms with Crippen LogP contribution in [0.4, 0.5) is 47.9 Å². The summed E-state index contributed by atoms with van der Waals surface area (Å²) in [5, 5.41) is 12.8. The summed E-state index contributed by atoms with van der Waals surface area (Å²) in [7, 11) is 6.60. The van der Waals surface area contributed by atoms with Gasteiger partial charge in [0.25, 0.3) is 0 Å². The maximum Gasteiger partial charge on any atom is 0.573 e. The van der Waals surface area contributed by atoms with E-state index in [2.05, 4.69) is 45.7 Å². The number of hydrogen-bond acceptors (Lipinski definition) is 11. The van der Waals surface area contributed by atoms with Gasteiger partial charge in [-0.15, -0.1) is 13.2 Å². The maximum atomic E-state index is 12.5. The molecule has 0 saturated carbocycles. The molecule has 0 spiro atoms. The number of nitrogens with zero attached hydrogens (tertiary/aromatic N) is 8.